The molecule has 0 aromatic heterocycles. The van der Waals surface area contributed by atoms with Crippen molar-refractivity contribution in [2.45, 2.75) is 13.8 Å². The summed E-state index contributed by atoms with van der Waals surface area (Å²) in [5.41, 5.74) is 2.17. The molecule has 9 heteroatoms. The molecule has 0 spiro atoms. The Morgan fingerprint density at radius 3 is 1.28 bits per heavy atom. The number of anilines is 3. The van der Waals surface area contributed by atoms with Crippen molar-refractivity contribution < 1.29 is 28.6 Å². The van der Waals surface area contributed by atoms with Gasteiger partial charge in [0.15, 0.2) is 0 Å². The zero-order valence-electron chi connectivity index (χ0n) is 21.6. The Kier molecular flexibility index (Phi) is 8.43. The summed E-state index contributed by atoms with van der Waals surface area (Å²) in [7, 11) is 1.57. The molecule has 3 amide bonds. The summed E-state index contributed by atoms with van der Waals surface area (Å²) in [6.45, 7) is 2.86. The molecule has 0 saturated carbocycles. The average molecular weight is 526 g/mol. The predicted octanol–water partition coefficient (Wildman–Crippen LogP) is 6.45. The highest BCUT2D eigenvalue weighted by Crippen LogP contribution is 2.32. The van der Waals surface area contributed by atoms with Crippen LogP contribution in [0.2, 0.25) is 0 Å². The Morgan fingerprint density at radius 2 is 0.897 bits per heavy atom. The van der Waals surface area contributed by atoms with E-state index in [0.717, 1.165) is 0 Å². The van der Waals surface area contributed by atoms with E-state index in [-0.39, 0.29) is 17.7 Å². The van der Waals surface area contributed by atoms with Crippen molar-refractivity contribution in [2.24, 2.45) is 0 Å². The molecule has 0 aliphatic carbocycles. The van der Waals surface area contributed by atoms with Crippen LogP contribution in [0.25, 0.3) is 0 Å². The van der Waals surface area contributed by atoms with Gasteiger partial charge in [-0.15, -0.1) is 0 Å². The lowest BCUT2D eigenvalue weighted by Gasteiger charge is -2.13. The van der Waals surface area contributed by atoms with Gasteiger partial charge in [0.2, 0.25) is 11.8 Å². The molecule has 0 atom stereocenters. The second-order valence-electron chi connectivity index (χ2n) is 8.49. The number of ether oxygens (including phenoxy) is 3. The molecule has 0 saturated heterocycles. The lowest BCUT2D eigenvalue weighted by atomic mass is 10.1. The van der Waals surface area contributed by atoms with Gasteiger partial charge < -0.3 is 30.2 Å². The molecule has 0 aliphatic heterocycles. The van der Waals surface area contributed by atoms with Gasteiger partial charge in [-0.3, -0.25) is 14.4 Å². The molecular formula is C30H27N3O6. The number of nitrogens with one attached hydrogen (secondary N) is 3. The van der Waals surface area contributed by atoms with Crippen LogP contribution in [0.3, 0.4) is 0 Å². The summed E-state index contributed by atoms with van der Waals surface area (Å²) in [4.78, 5) is 35.7. The van der Waals surface area contributed by atoms with Crippen molar-refractivity contribution in [1.82, 2.24) is 0 Å². The highest BCUT2D eigenvalue weighted by Gasteiger charge is 2.13. The number of benzene rings is 4. The van der Waals surface area contributed by atoms with Crippen LogP contribution >= 0.6 is 0 Å². The monoisotopic (exact) mass is 525 g/mol. The lowest BCUT2D eigenvalue weighted by Crippen LogP contribution is -2.12. The molecule has 0 unspecified atom stereocenters. The summed E-state index contributed by atoms with van der Waals surface area (Å²) < 4.78 is 17.2. The van der Waals surface area contributed by atoms with Crippen molar-refractivity contribution in [3.8, 4) is 28.7 Å². The van der Waals surface area contributed by atoms with E-state index in [2.05, 4.69) is 16.0 Å². The normalized spacial score (nSPS) is 10.2. The van der Waals surface area contributed by atoms with Crippen LogP contribution < -0.4 is 30.2 Å². The van der Waals surface area contributed by atoms with E-state index in [4.69, 9.17) is 14.2 Å². The predicted molar refractivity (Wildman–Crippen MR) is 149 cm³/mol. The Bertz CT molecular complexity index is 1390. The first-order chi connectivity index (χ1) is 18.8. The van der Waals surface area contributed by atoms with Gasteiger partial charge in [-0.2, -0.15) is 0 Å². The summed E-state index contributed by atoms with van der Waals surface area (Å²) in [5.74, 6) is 1.71. The van der Waals surface area contributed by atoms with Crippen molar-refractivity contribution in [1.29, 1.82) is 0 Å². The van der Waals surface area contributed by atoms with Gasteiger partial charge in [-0.05, 0) is 84.9 Å². The van der Waals surface area contributed by atoms with E-state index in [9.17, 15) is 14.4 Å². The standard InChI is InChI=1S/C30H27N3O6/c1-19(34)31-22-6-12-26(13-7-22)38-28-16-21(30(36)33-24-4-10-25(37-3)11-5-24)17-29(18-28)39-27-14-8-23(9-15-27)32-20(2)35/h4-18H,1-3H3,(H,31,34)(H,32,35)(H,33,36). The van der Waals surface area contributed by atoms with Crippen molar-refractivity contribution in [3.05, 3.63) is 96.6 Å². The van der Waals surface area contributed by atoms with Gasteiger partial charge in [0.25, 0.3) is 5.91 Å². The van der Waals surface area contributed by atoms with E-state index in [1.54, 1.807) is 98.1 Å². The van der Waals surface area contributed by atoms with Crippen LogP contribution in [0.15, 0.2) is 91.0 Å². The summed E-state index contributed by atoms with van der Waals surface area (Å²) in [5, 5.41) is 8.26. The molecule has 0 fully saturated rings. The summed E-state index contributed by atoms with van der Waals surface area (Å²) >= 11 is 0. The first-order valence-corrected chi connectivity index (χ1v) is 12.0. The molecule has 4 aromatic rings. The minimum absolute atomic E-state index is 0.175. The number of carbonyl (C=O) groups excluding carboxylic acids is 3. The Hall–Kier alpha value is -5.31. The number of carbonyl (C=O) groups is 3. The maximum atomic E-state index is 13.1. The van der Waals surface area contributed by atoms with Crippen molar-refractivity contribution in [3.63, 3.8) is 0 Å². The van der Waals surface area contributed by atoms with E-state index < -0.39 is 0 Å². The van der Waals surface area contributed by atoms with Crippen LogP contribution in [0.1, 0.15) is 24.2 Å². The molecule has 0 heterocycles. The van der Waals surface area contributed by atoms with Crippen LogP contribution in [0.5, 0.6) is 28.7 Å². The minimum Gasteiger partial charge on any atom is -0.497 e. The highest BCUT2D eigenvalue weighted by atomic mass is 16.5. The SMILES string of the molecule is COc1ccc(NC(=O)c2cc(Oc3ccc(NC(C)=O)cc3)cc(Oc3ccc(NC(C)=O)cc3)c2)cc1. The first-order valence-electron chi connectivity index (χ1n) is 12.0. The van der Waals surface area contributed by atoms with E-state index >= 15 is 0 Å². The third-order valence-electron chi connectivity index (χ3n) is 5.31. The molecule has 198 valence electrons. The van der Waals surface area contributed by atoms with Gasteiger partial charge in [-0.25, -0.2) is 0 Å². The van der Waals surface area contributed by atoms with E-state index in [0.29, 0.717) is 51.4 Å². The fraction of sp³-hybridized carbons (Fsp3) is 0.100. The van der Waals surface area contributed by atoms with Gasteiger partial charge in [0, 0.05) is 42.5 Å². The second kappa shape index (κ2) is 12.3. The zero-order chi connectivity index (χ0) is 27.8. The molecule has 3 N–H and O–H groups in total. The Balaban J connectivity index is 1.59. The maximum Gasteiger partial charge on any atom is 0.255 e. The van der Waals surface area contributed by atoms with Gasteiger partial charge in [0.1, 0.15) is 28.7 Å². The molecule has 4 aromatic carbocycles. The number of hydrogen-bond acceptors (Lipinski definition) is 6. The molecular weight excluding hydrogens is 498 g/mol. The number of amides is 3. The highest BCUT2D eigenvalue weighted by molar-refractivity contribution is 6.04. The summed E-state index contributed by atoms with van der Waals surface area (Å²) in [6, 6.07) is 25.5. The third kappa shape index (κ3) is 7.83. The van der Waals surface area contributed by atoms with Gasteiger partial charge >= 0.3 is 0 Å². The topological polar surface area (TPSA) is 115 Å². The van der Waals surface area contributed by atoms with Crippen molar-refractivity contribution in [2.75, 3.05) is 23.1 Å². The third-order valence-corrected chi connectivity index (χ3v) is 5.31. The average Bonchev–Trinajstić information content (AvgIpc) is 2.91. The number of rotatable bonds is 9. The van der Waals surface area contributed by atoms with Crippen LogP contribution in [-0.4, -0.2) is 24.8 Å². The summed E-state index contributed by atoms with van der Waals surface area (Å²) in [6.07, 6.45) is 0. The van der Waals surface area contributed by atoms with Crippen LogP contribution in [-0.2, 0) is 9.59 Å². The zero-order valence-corrected chi connectivity index (χ0v) is 21.6. The van der Waals surface area contributed by atoms with Crippen LogP contribution in [0, 0.1) is 0 Å². The largest absolute Gasteiger partial charge is 0.497 e. The Labute approximate surface area is 225 Å². The molecule has 39 heavy (non-hydrogen) atoms. The molecule has 9 nitrogen and oxygen atoms in total. The van der Waals surface area contributed by atoms with Crippen molar-refractivity contribution >= 4 is 34.8 Å². The van der Waals surface area contributed by atoms with E-state index in [1.807, 2.05) is 0 Å². The second-order valence-corrected chi connectivity index (χ2v) is 8.49. The quantitative estimate of drug-likeness (QED) is 0.231. The smallest absolute Gasteiger partial charge is 0.255 e. The fourth-order valence-electron chi connectivity index (χ4n) is 3.59. The van der Waals surface area contributed by atoms with Gasteiger partial charge in [0.05, 0.1) is 7.11 Å². The molecule has 4 rings (SSSR count). The number of hydrogen-bond donors (Lipinski definition) is 3. The van der Waals surface area contributed by atoms with E-state index in [1.165, 1.54) is 13.8 Å². The maximum absolute atomic E-state index is 13.1. The molecule has 0 radical (unpaired) electrons. The minimum atomic E-state index is -0.363. The van der Waals surface area contributed by atoms with Crippen LogP contribution in [0.4, 0.5) is 17.1 Å². The first kappa shape index (κ1) is 26.7. The van der Waals surface area contributed by atoms with Gasteiger partial charge in [-0.1, -0.05) is 0 Å². The Morgan fingerprint density at radius 1 is 0.513 bits per heavy atom. The molecule has 0 aliphatic rings. The lowest BCUT2D eigenvalue weighted by molar-refractivity contribution is -0.115. The fourth-order valence-corrected chi connectivity index (χ4v) is 3.59. The number of methoxy groups -OCH3 is 1. The molecule has 0 bridgehead atoms.